The molecule has 0 unspecified atom stereocenters. The maximum Gasteiger partial charge on any atom is 0.246 e. The number of benzene rings is 2. The Balaban J connectivity index is 0.00000150. The Kier molecular flexibility index (Phi) is 7.15. The lowest BCUT2D eigenvalue weighted by molar-refractivity contribution is -0.120. The number of carbonyl (C=O) groups excluding carboxylic acids is 1. The third kappa shape index (κ3) is 3.80. The molecule has 8 heteroatoms. The predicted molar refractivity (Wildman–Crippen MR) is 123 cm³/mol. The second-order valence-corrected chi connectivity index (χ2v) is 6.71. The summed E-state index contributed by atoms with van der Waals surface area (Å²) in [6.07, 6.45) is 0. The smallest absolute Gasteiger partial charge is 0.246 e. The van der Waals surface area contributed by atoms with Crippen molar-refractivity contribution in [2.45, 2.75) is 25.8 Å². The van der Waals surface area contributed by atoms with Gasteiger partial charge in [-0.1, -0.05) is 30.3 Å². The van der Waals surface area contributed by atoms with Gasteiger partial charge in [-0.3, -0.25) is 9.69 Å². The first-order valence-electron chi connectivity index (χ1n) is 9.00. The minimum atomic E-state index is -0.741. The number of aromatic nitrogens is 2. The molecule has 0 saturated carbocycles. The zero-order chi connectivity index (χ0) is 19.1. The number of hydrogen-bond acceptors (Lipinski definition) is 3. The van der Waals surface area contributed by atoms with Gasteiger partial charge in [0.2, 0.25) is 5.91 Å². The molecule has 29 heavy (non-hydrogen) atoms. The predicted octanol–water partition coefficient (Wildman–Crippen LogP) is 3.37. The van der Waals surface area contributed by atoms with E-state index in [1.54, 1.807) is 21.7 Å². The Morgan fingerprint density at radius 1 is 1.07 bits per heavy atom. The highest BCUT2D eigenvalue weighted by molar-refractivity contribution is 7.59. The van der Waals surface area contributed by atoms with Crippen molar-refractivity contribution in [2.75, 3.05) is 11.4 Å². The van der Waals surface area contributed by atoms with E-state index in [0.29, 0.717) is 6.54 Å². The second kappa shape index (κ2) is 9.02. The molecule has 0 radical (unpaired) electrons. The molecule has 1 aliphatic rings. The minimum Gasteiger partial charge on any atom is -0.319 e. The molecule has 0 saturated heterocycles. The molecule has 3 aromatic rings. The molecule has 0 fully saturated rings. The number of nitrogens with two attached hydrogens (primary N) is 1. The van der Waals surface area contributed by atoms with Gasteiger partial charge in [0.1, 0.15) is 11.6 Å². The lowest BCUT2D eigenvalue weighted by Crippen LogP contribution is -2.51. The summed E-state index contributed by atoms with van der Waals surface area (Å²) < 4.78 is 15.2. The molecule has 2 heterocycles. The molecular formula is C21H25FN4OS2. The Hall–Kier alpha value is -2.29. The number of fused-ring (bicyclic) bond motifs is 1. The first kappa shape index (κ1) is 23.0. The number of rotatable bonds is 3. The van der Waals surface area contributed by atoms with Gasteiger partial charge in [0.25, 0.3) is 0 Å². The monoisotopic (exact) mass is 432 g/mol. The lowest BCUT2D eigenvalue weighted by Gasteiger charge is -2.36. The topological polar surface area (TPSA) is 64.2 Å². The maximum atomic E-state index is 13.4. The average molecular weight is 433 g/mol. The number of nitrogens with zero attached hydrogens (tertiary/aromatic N) is 3. The van der Waals surface area contributed by atoms with Gasteiger partial charge in [0.15, 0.2) is 0 Å². The number of amides is 1. The van der Waals surface area contributed by atoms with Crippen LogP contribution in [0.25, 0.3) is 5.69 Å². The third-order valence-corrected chi connectivity index (χ3v) is 5.10. The van der Waals surface area contributed by atoms with Gasteiger partial charge >= 0.3 is 0 Å². The van der Waals surface area contributed by atoms with Crippen LogP contribution < -0.4 is 10.6 Å². The summed E-state index contributed by atoms with van der Waals surface area (Å²) >= 11 is 0. The van der Waals surface area contributed by atoms with Crippen LogP contribution in [-0.2, 0) is 4.79 Å². The van der Waals surface area contributed by atoms with Gasteiger partial charge in [0.05, 0.1) is 17.4 Å². The molecule has 154 valence electrons. The lowest BCUT2D eigenvalue weighted by atomic mass is 9.81. The number of anilines is 1. The molecule has 4 rings (SSSR count). The molecule has 0 bridgehead atoms. The number of likely N-dealkylation sites (N-methyl/N-ethyl adjacent to an activating group) is 1. The van der Waals surface area contributed by atoms with Crippen molar-refractivity contribution >= 4 is 38.7 Å². The molecule has 1 amide bonds. The third-order valence-electron chi connectivity index (χ3n) is 5.10. The van der Waals surface area contributed by atoms with Crippen LogP contribution in [0.15, 0.2) is 54.6 Å². The number of carbonyl (C=O) groups is 1. The van der Waals surface area contributed by atoms with E-state index in [1.165, 1.54) is 12.1 Å². The summed E-state index contributed by atoms with van der Waals surface area (Å²) in [5.41, 5.74) is 9.78. The quantitative estimate of drug-likeness (QED) is 0.690. The van der Waals surface area contributed by atoms with Crippen molar-refractivity contribution in [3.05, 3.63) is 77.2 Å². The number of para-hydroxylation sites is 1. The summed E-state index contributed by atoms with van der Waals surface area (Å²) in [5.74, 6) is -0.103. The summed E-state index contributed by atoms with van der Waals surface area (Å²) in [5, 5.41) is 4.72. The second-order valence-electron chi connectivity index (χ2n) is 6.71. The normalized spacial score (nSPS) is 17.9. The Morgan fingerprint density at radius 3 is 2.28 bits per heavy atom. The van der Waals surface area contributed by atoms with E-state index in [0.717, 1.165) is 28.3 Å². The molecule has 1 aromatic heterocycles. The number of halogens is 1. The van der Waals surface area contributed by atoms with Crippen LogP contribution in [0.2, 0.25) is 0 Å². The van der Waals surface area contributed by atoms with Crippen LogP contribution in [0.5, 0.6) is 0 Å². The Labute approximate surface area is 183 Å². The van der Waals surface area contributed by atoms with E-state index in [9.17, 15) is 9.18 Å². The van der Waals surface area contributed by atoms with Crippen molar-refractivity contribution in [1.82, 2.24) is 9.78 Å². The molecule has 2 aromatic carbocycles. The van der Waals surface area contributed by atoms with Crippen molar-refractivity contribution in [3.63, 3.8) is 0 Å². The summed E-state index contributed by atoms with van der Waals surface area (Å²) in [6, 6.07) is 15.1. The highest BCUT2D eigenvalue weighted by atomic mass is 32.1. The van der Waals surface area contributed by atoms with Crippen LogP contribution in [0.3, 0.4) is 0 Å². The zero-order valence-corrected chi connectivity index (χ0v) is 18.3. The van der Waals surface area contributed by atoms with Crippen molar-refractivity contribution in [1.29, 1.82) is 0 Å². The van der Waals surface area contributed by atoms with Crippen LogP contribution in [-0.4, -0.2) is 28.3 Å². The molecule has 0 spiro atoms. The summed E-state index contributed by atoms with van der Waals surface area (Å²) in [4.78, 5) is 14.7. The van der Waals surface area contributed by atoms with Gasteiger partial charge in [0, 0.05) is 18.0 Å². The standard InChI is InChI=1S/C21H21FN4O.2H2S/c1-3-25-20-17(13(2)24-26(20)16-7-5-4-6-8-16)18(19(23)21(25)27)14-9-11-15(22)12-10-14;;/h4-12,18-19H,3,23H2,1-2H3;2*1H2/t18-,19-;;/m0../s1. The van der Waals surface area contributed by atoms with Gasteiger partial charge in [-0.25, -0.2) is 9.07 Å². The fourth-order valence-electron chi connectivity index (χ4n) is 3.86. The summed E-state index contributed by atoms with van der Waals surface area (Å²) in [7, 11) is 0. The van der Waals surface area contributed by atoms with E-state index in [2.05, 4.69) is 0 Å². The SMILES string of the molecule is CCN1C(=O)[C@@H](N)[C@@H](c2ccc(F)cc2)c2c(C)nn(-c3ccccc3)c21.S.S. The Morgan fingerprint density at radius 2 is 1.69 bits per heavy atom. The first-order valence-corrected chi connectivity index (χ1v) is 9.00. The van der Waals surface area contributed by atoms with Gasteiger partial charge in [-0.15, -0.1) is 0 Å². The van der Waals surface area contributed by atoms with Crippen LogP contribution in [0, 0.1) is 12.7 Å². The molecule has 5 nitrogen and oxygen atoms in total. The molecular weight excluding hydrogens is 407 g/mol. The largest absolute Gasteiger partial charge is 0.319 e. The van der Waals surface area contributed by atoms with Crippen LogP contribution in [0.4, 0.5) is 10.2 Å². The molecule has 2 atom stereocenters. The fraction of sp³-hybridized carbons (Fsp3) is 0.238. The van der Waals surface area contributed by atoms with Crippen LogP contribution in [0.1, 0.15) is 29.7 Å². The van der Waals surface area contributed by atoms with Gasteiger partial charge in [-0.2, -0.15) is 32.1 Å². The van der Waals surface area contributed by atoms with E-state index in [4.69, 9.17) is 10.8 Å². The summed E-state index contributed by atoms with van der Waals surface area (Å²) in [6.45, 7) is 4.34. The molecule has 2 N–H and O–H groups in total. The molecule has 0 aliphatic carbocycles. The van der Waals surface area contributed by atoms with E-state index >= 15 is 0 Å². The van der Waals surface area contributed by atoms with Gasteiger partial charge in [-0.05, 0) is 43.7 Å². The zero-order valence-electron chi connectivity index (χ0n) is 16.3. The highest BCUT2D eigenvalue weighted by Gasteiger charge is 2.42. The highest BCUT2D eigenvalue weighted by Crippen LogP contribution is 2.42. The van der Waals surface area contributed by atoms with E-state index < -0.39 is 6.04 Å². The van der Waals surface area contributed by atoms with E-state index in [1.807, 2.05) is 44.2 Å². The minimum absolute atomic E-state index is 0. The number of aryl methyl sites for hydroxylation is 1. The van der Waals surface area contributed by atoms with Crippen molar-refractivity contribution in [3.8, 4) is 5.69 Å². The van der Waals surface area contributed by atoms with Crippen molar-refractivity contribution in [2.24, 2.45) is 5.73 Å². The molecule has 1 aliphatic heterocycles. The van der Waals surface area contributed by atoms with Crippen LogP contribution >= 0.6 is 27.0 Å². The Bertz CT molecular complexity index is 992. The average Bonchev–Trinajstić information content (AvgIpc) is 3.02. The first-order chi connectivity index (χ1) is 13.0. The number of hydrogen-bond donors (Lipinski definition) is 1. The van der Waals surface area contributed by atoms with Crippen molar-refractivity contribution < 1.29 is 9.18 Å². The maximum absolute atomic E-state index is 13.4. The van der Waals surface area contributed by atoms with Gasteiger partial charge < -0.3 is 5.73 Å². The fourth-order valence-corrected chi connectivity index (χ4v) is 3.86. The van der Waals surface area contributed by atoms with E-state index in [-0.39, 0.29) is 44.6 Å².